The van der Waals surface area contributed by atoms with Crippen molar-refractivity contribution in [2.24, 2.45) is 0 Å². The van der Waals surface area contributed by atoms with Gasteiger partial charge in [-0.3, -0.25) is 4.90 Å². The third-order valence-corrected chi connectivity index (χ3v) is 2.37. The van der Waals surface area contributed by atoms with Crippen molar-refractivity contribution in [3.63, 3.8) is 0 Å². The van der Waals surface area contributed by atoms with Crippen LogP contribution < -0.4 is 9.84 Å². The molecule has 1 aromatic carbocycles. The fourth-order valence-corrected chi connectivity index (χ4v) is 1.70. The number of nitrogens with zero attached hydrogens (tertiary/aromatic N) is 1. The van der Waals surface area contributed by atoms with E-state index in [-0.39, 0.29) is 6.54 Å². The molecule has 0 unspecified atom stereocenters. The van der Waals surface area contributed by atoms with E-state index in [1.54, 1.807) is 4.90 Å². The lowest BCUT2D eigenvalue weighted by Gasteiger charge is -2.29. The number of aliphatic carboxylic acids is 1. The average molecular weight is 206 g/mol. The molecule has 0 bridgehead atoms. The summed E-state index contributed by atoms with van der Waals surface area (Å²) in [6.07, 6.45) is 0. The lowest BCUT2D eigenvalue weighted by Crippen LogP contribution is -2.41. The molecule has 80 valence electrons. The van der Waals surface area contributed by atoms with E-state index in [0.29, 0.717) is 13.3 Å². The molecule has 0 atom stereocenters. The van der Waals surface area contributed by atoms with E-state index in [1.807, 2.05) is 25.1 Å². The zero-order valence-electron chi connectivity index (χ0n) is 8.53. The normalized spacial score (nSPS) is 15.5. The van der Waals surface area contributed by atoms with Crippen LogP contribution in [0, 0.1) is 6.92 Å². The Kier molecular flexibility index (Phi) is 2.60. The quantitative estimate of drug-likeness (QED) is 0.678. The minimum absolute atomic E-state index is 0.0899. The minimum atomic E-state index is -1.07. The Labute approximate surface area is 88.1 Å². The highest BCUT2D eigenvalue weighted by molar-refractivity contribution is 5.66. The average Bonchev–Trinajstić information content (AvgIpc) is 2.16. The summed E-state index contributed by atoms with van der Waals surface area (Å²) in [5.74, 6) is -0.232. The van der Waals surface area contributed by atoms with Gasteiger partial charge in [-0.15, -0.1) is 0 Å². The number of rotatable bonds is 2. The number of hydrogen-bond acceptors (Lipinski definition) is 4. The number of hydrogen-bond donors (Lipinski definition) is 0. The maximum Gasteiger partial charge on any atom is 0.142 e. The summed E-state index contributed by atoms with van der Waals surface area (Å²) in [5.41, 5.74) is 2.18. The fraction of sp³-hybridized carbons (Fsp3) is 0.364. The number of aryl methyl sites for hydroxylation is 1. The minimum Gasteiger partial charge on any atom is -0.549 e. The van der Waals surface area contributed by atoms with Gasteiger partial charge in [-0.05, 0) is 13.0 Å². The van der Waals surface area contributed by atoms with Gasteiger partial charge < -0.3 is 14.6 Å². The van der Waals surface area contributed by atoms with Crippen LogP contribution in [0.4, 0.5) is 0 Å². The summed E-state index contributed by atoms with van der Waals surface area (Å²) in [6.45, 7) is 2.82. The summed E-state index contributed by atoms with van der Waals surface area (Å²) in [7, 11) is 0. The Balaban J connectivity index is 2.14. The Morgan fingerprint density at radius 3 is 3.13 bits per heavy atom. The van der Waals surface area contributed by atoms with Crippen LogP contribution in [-0.2, 0) is 11.3 Å². The number of carboxylic acid groups (broad SMARTS) is 1. The van der Waals surface area contributed by atoms with Crippen molar-refractivity contribution in [3.8, 4) is 5.75 Å². The number of carboxylic acids is 1. The van der Waals surface area contributed by atoms with E-state index in [0.717, 1.165) is 16.9 Å². The van der Waals surface area contributed by atoms with Gasteiger partial charge in [-0.2, -0.15) is 0 Å². The molecule has 0 radical (unpaired) electrons. The molecule has 0 aliphatic carbocycles. The Hall–Kier alpha value is -1.55. The van der Waals surface area contributed by atoms with Crippen LogP contribution >= 0.6 is 0 Å². The van der Waals surface area contributed by atoms with E-state index >= 15 is 0 Å². The Morgan fingerprint density at radius 1 is 1.60 bits per heavy atom. The van der Waals surface area contributed by atoms with Gasteiger partial charge in [0, 0.05) is 18.7 Å². The second-order valence-electron chi connectivity index (χ2n) is 3.74. The van der Waals surface area contributed by atoms with Crippen molar-refractivity contribution >= 4 is 5.97 Å². The summed E-state index contributed by atoms with van der Waals surface area (Å²) in [5, 5.41) is 10.4. The van der Waals surface area contributed by atoms with Gasteiger partial charge in [0.15, 0.2) is 0 Å². The predicted molar refractivity (Wildman–Crippen MR) is 52.1 cm³/mol. The molecular formula is C11H12NO3-. The third-order valence-electron chi connectivity index (χ3n) is 2.37. The number of benzene rings is 1. The highest BCUT2D eigenvalue weighted by Crippen LogP contribution is 2.25. The molecule has 0 amide bonds. The van der Waals surface area contributed by atoms with E-state index in [1.165, 1.54) is 0 Å². The first-order chi connectivity index (χ1) is 7.15. The maximum atomic E-state index is 10.4. The first-order valence-corrected chi connectivity index (χ1v) is 4.79. The van der Waals surface area contributed by atoms with E-state index in [4.69, 9.17) is 4.74 Å². The van der Waals surface area contributed by atoms with Gasteiger partial charge >= 0.3 is 0 Å². The molecule has 0 saturated carbocycles. The van der Waals surface area contributed by atoms with Gasteiger partial charge in [-0.1, -0.05) is 17.7 Å². The number of ether oxygens (including phenoxy) is 1. The van der Waals surface area contributed by atoms with E-state index in [9.17, 15) is 9.90 Å². The van der Waals surface area contributed by atoms with Crippen LogP contribution in [0.1, 0.15) is 11.1 Å². The summed E-state index contributed by atoms with van der Waals surface area (Å²) in [6, 6.07) is 5.91. The molecule has 1 aliphatic heterocycles. The second kappa shape index (κ2) is 3.90. The molecular weight excluding hydrogens is 194 g/mol. The summed E-state index contributed by atoms with van der Waals surface area (Å²) < 4.78 is 5.43. The van der Waals surface area contributed by atoms with Crippen LogP contribution in [0.15, 0.2) is 18.2 Å². The van der Waals surface area contributed by atoms with Crippen molar-refractivity contribution in [2.45, 2.75) is 13.5 Å². The molecule has 4 heteroatoms. The van der Waals surface area contributed by atoms with Gasteiger partial charge in [0.1, 0.15) is 12.5 Å². The molecule has 1 aromatic rings. The van der Waals surface area contributed by atoms with Crippen LogP contribution in [-0.4, -0.2) is 24.1 Å². The number of fused-ring (bicyclic) bond motifs is 1. The van der Waals surface area contributed by atoms with Gasteiger partial charge in [0.25, 0.3) is 0 Å². The number of carbonyl (C=O) groups excluding carboxylic acids is 1. The van der Waals surface area contributed by atoms with Crippen molar-refractivity contribution < 1.29 is 14.6 Å². The zero-order chi connectivity index (χ0) is 10.8. The molecule has 0 fully saturated rings. The van der Waals surface area contributed by atoms with Gasteiger partial charge in [0.05, 0.1) is 5.97 Å². The predicted octanol–water partition coefficient (Wildman–Crippen LogP) is -0.103. The summed E-state index contributed by atoms with van der Waals surface area (Å²) >= 11 is 0. The monoisotopic (exact) mass is 206 g/mol. The standard InChI is InChI=1S/C11H13NO3/c1-8-2-3-10-9(4-8)5-12(7-15-10)6-11(13)14/h2-4H,5-7H2,1H3,(H,13,14)/p-1. The lowest BCUT2D eigenvalue weighted by atomic mass is 10.1. The second-order valence-corrected chi connectivity index (χ2v) is 3.74. The first kappa shape index (κ1) is 9.98. The van der Waals surface area contributed by atoms with Gasteiger partial charge in [-0.25, -0.2) is 0 Å². The highest BCUT2D eigenvalue weighted by Gasteiger charge is 2.16. The van der Waals surface area contributed by atoms with Crippen LogP contribution in [0.2, 0.25) is 0 Å². The SMILES string of the molecule is Cc1ccc2c(c1)CN(CC(=O)[O-])CO2. The van der Waals surface area contributed by atoms with Crippen LogP contribution in [0.5, 0.6) is 5.75 Å². The summed E-state index contributed by atoms with van der Waals surface area (Å²) in [4.78, 5) is 12.1. The largest absolute Gasteiger partial charge is 0.549 e. The molecule has 2 rings (SSSR count). The highest BCUT2D eigenvalue weighted by atomic mass is 16.5. The maximum absolute atomic E-state index is 10.4. The molecule has 1 heterocycles. The molecule has 0 N–H and O–H groups in total. The third kappa shape index (κ3) is 2.27. The van der Waals surface area contributed by atoms with E-state index in [2.05, 4.69) is 0 Å². The van der Waals surface area contributed by atoms with Crippen molar-refractivity contribution in [1.29, 1.82) is 0 Å². The molecule has 4 nitrogen and oxygen atoms in total. The molecule has 1 aliphatic rings. The van der Waals surface area contributed by atoms with Crippen LogP contribution in [0.25, 0.3) is 0 Å². The molecule has 0 aromatic heterocycles. The van der Waals surface area contributed by atoms with Crippen molar-refractivity contribution in [3.05, 3.63) is 29.3 Å². The first-order valence-electron chi connectivity index (χ1n) is 4.79. The molecule has 15 heavy (non-hydrogen) atoms. The topological polar surface area (TPSA) is 52.6 Å². The molecule has 0 saturated heterocycles. The van der Waals surface area contributed by atoms with E-state index < -0.39 is 5.97 Å². The Bertz CT molecular complexity index is 389. The zero-order valence-corrected chi connectivity index (χ0v) is 8.53. The van der Waals surface area contributed by atoms with Crippen molar-refractivity contribution in [1.82, 2.24) is 4.90 Å². The van der Waals surface area contributed by atoms with Gasteiger partial charge in [0.2, 0.25) is 0 Å². The number of carbonyl (C=O) groups is 1. The van der Waals surface area contributed by atoms with Crippen LogP contribution in [0.3, 0.4) is 0 Å². The lowest BCUT2D eigenvalue weighted by molar-refractivity contribution is -0.307. The van der Waals surface area contributed by atoms with Crippen molar-refractivity contribution in [2.75, 3.05) is 13.3 Å². The molecule has 0 spiro atoms. The smallest absolute Gasteiger partial charge is 0.142 e. The fourth-order valence-electron chi connectivity index (χ4n) is 1.70. The Morgan fingerprint density at radius 2 is 2.40 bits per heavy atom.